The van der Waals surface area contributed by atoms with E-state index in [4.69, 9.17) is 0 Å². The molecule has 4 rings (SSSR count). The van der Waals surface area contributed by atoms with Crippen molar-refractivity contribution in [1.82, 2.24) is 20.2 Å². The molecule has 2 heterocycles. The van der Waals surface area contributed by atoms with Crippen LogP contribution < -0.4 is 10.6 Å². The van der Waals surface area contributed by atoms with Gasteiger partial charge in [-0.3, -0.25) is 9.59 Å². The lowest BCUT2D eigenvalue weighted by Gasteiger charge is -2.23. The molecule has 0 spiro atoms. The van der Waals surface area contributed by atoms with E-state index in [1.807, 2.05) is 41.8 Å². The van der Waals surface area contributed by atoms with Crippen LogP contribution in [0.25, 0.3) is 0 Å². The molecule has 1 aromatic carbocycles. The number of hydrogen-bond acceptors (Lipinski definition) is 3. The van der Waals surface area contributed by atoms with Crippen molar-refractivity contribution in [3.63, 3.8) is 0 Å². The van der Waals surface area contributed by atoms with Crippen molar-refractivity contribution in [2.75, 3.05) is 0 Å². The van der Waals surface area contributed by atoms with Gasteiger partial charge < -0.3 is 15.2 Å². The van der Waals surface area contributed by atoms with Crippen molar-refractivity contribution in [3.8, 4) is 0 Å². The van der Waals surface area contributed by atoms with Crippen LogP contribution in [0.2, 0.25) is 0 Å². The Morgan fingerprint density at radius 2 is 1.79 bits per heavy atom. The monoisotopic (exact) mass is 394 g/mol. The van der Waals surface area contributed by atoms with Gasteiger partial charge in [0.05, 0.1) is 11.7 Å². The number of aromatic nitrogens is 2. The second kappa shape index (κ2) is 8.80. The molecular weight excluding hydrogens is 364 g/mol. The molecule has 1 unspecified atom stereocenters. The van der Waals surface area contributed by atoms with Gasteiger partial charge in [0.2, 0.25) is 0 Å². The number of carbonyl (C=O) groups excluding carboxylic acids is 2. The summed E-state index contributed by atoms with van der Waals surface area (Å²) < 4.78 is 1.96. The molecule has 0 radical (unpaired) electrons. The Morgan fingerprint density at radius 3 is 2.55 bits per heavy atom. The van der Waals surface area contributed by atoms with Crippen molar-refractivity contribution in [2.45, 2.75) is 76.9 Å². The number of carbonyl (C=O) groups is 2. The molecule has 2 aromatic rings. The zero-order chi connectivity index (χ0) is 20.2. The first-order valence-corrected chi connectivity index (χ1v) is 10.9. The molecule has 6 heteroatoms. The molecule has 1 aliphatic heterocycles. The summed E-state index contributed by atoms with van der Waals surface area (Å²) in [6, 6.07) is 9.98. The van der Waals surface area contributed by atoms with E-state index in [0.29, 0.717) is 11.5 Å². The fourth-order valence-electron chi connectivity index (χ4n) is 4.49. The van der Waals surface area contributed by atoms with Crippen molar-refractivity contribution < 1.29 is 9.59 Å². The second-order valence-electron chi connectivity index (χ2n) is 8.25. The molecule has 6 nitrogen and oxygen atoms in total. The highest BCUT2D eigenvalue weighted by molar-refractivity contribution is 5.97. The first-order chi connectivity index (χ1) is 14.1. The average Bonchev–Trinajstić information content (AvgIpc) is 3.15. The zero-order valence-corrected chi connectivity index (χ0v) is 17.1. The van der Waals surface area contributed by atoms with Gasteiger partial charge in [-0.15, -0.1) is 0 Å². The number of nitrogens with zero attached hydrogens (tertiary/aromatic N) is 2. The molecule has 1 fully saturated rings. The quantitative estimate of drug-likeness (QED) is 0.810. The summed E-state index contributed by atoms with van der Waals surface area (Å²) in [4.78, 5) is 30.5. The van der Waals surface area contributed by atoms with Crippen LogP contribution in [0.5, 0.6) is 0 Å². The predicted octanol–water partition coefficient (Wildman–Crippen LogP) is 3.77. The highest BCUT2D eigenvalue weighted by Crippen LogP contribution is 2.23. The topological polar surface area (TPSA) is 76.0 Å². The number of imidazole rings is 1. The van der Waals surface area contributed by atoms with Crippen molar-refractivity contribution >= 4 is 11.8 Å². The number of nitrogens with one attached hydrogen (secondary N) is 2. The average molecular weight is 395 g/mol. The second-order valence-corrected chi connectivity index (χ2v) is 8.25. The summed E-state index contributed by atoms with van der Waals surface area (Å²) in [7, 11) is 0. The van der Waals surface area contributed by atoms with E-state index in [1.165, 1.54) is 6.42 Å². The zero-order valence-electron chi connectivity index (χ0n) is 17.1. The summed E-state index contributed by atoms with van der Waals surface area (Å²) in [5, 5.41) is 6.20. The molecule has 0 saturated heterocycles. The minimum atomic E-state index is -0.205. The summed E-state index contributed by atoms with van der Waals surface area (Å²) in [6.45, 7) is 2.71. The third-order valence-electron chi connectivity index (χ3n) is 6.12. The lowest BCUT2D eigenvalue weighted by atomic mass is 9.95. The predicted molar refractivity (Wildman–Crippen MR) is 112 cm³/mol. The van der Waals surface area contributed by atoms with Crippen LogP contribution in [0, 0.1) is 0 Å². The molecule has 1 aromatic heterocycles. The Hall–Kier alpha value is -2.63. The Balaban J connectivity index is 1.54. The van der Waals surface area contributed by atoms with Crippen LogP contribution in [0.3, 0.4) is 0 Å². The van der Waals surface area contributed by atoms with Gasteiger partial charge in [0.1, 0.15) is 5.69 Å². The highest BCUT2D eigenvalue weighted by atomic mass is 16.2. The molecular formula is C23H30N4O2. The van der Waals surface area contributed by atoms with Gasteiger partial charge in [-0.25, -0.2) is 4.98 Å². The highest BCUT2D eigenvalue weighted by Gasteiger charge is 2.29. The first-order valence-electron chi connectivity index (χ1n) is 10.9. The Labute approximate surface area is 172 Å². The largest absolute Gasteiger partial charge is 0.347 e. The van der Waals surface area contributed by atoms with Crippen LogP contribution in [0.1, 0.15) is 90.3 Å². The maximum atomic E-state index is 13.0. The summed E-state index contributed by atoms with van der Waals surface area (Å²) in [5.41, 5.74) is 2.34. The van der Waals surface area contributed by atoms with Gasteiger partial charge in [-0.2, -0.15) is 0 Å². The van der Waals surface area contributed by atoms with Gasteiger partial charge in [-0.1, -0.05) is 49.6 Å². The van der Waals surface area contributed by atoms with Crippen LogP contribution in [-0.2, 0) is 13.0 Å². The molecule has 2 amide bonds. The number of amides is 2. The van der Waals surface area contributed by atoms with Crippen molar-refractivity contribution in [1.29, 1.82) is 0 Å². The van der Waals surface area contributed by atoms with Gasteiger partial charge in [0.15, 0.2) is 5.82 Å². The van der Waals surface area contributed by atoms with Crippen molar-refractivity contribution in [3.05, 3.63) is 53.1 Å². The van der Waals surface area contributed by atoms with E-state index in [9.17, 15) is 9.59 Å². The number of fused-ring (bicyclic) bond motifs is 1. The van der Waals surface area contributed by atoms with Gasteiger partial charge in [-0.05, 0) is 44.6 Å². The third kappa shape index (κ3) is 4.36. The molecule has 1 saturated carbocycles. The molecule has 1 aliphatic carbocycles. The van der Waals surface area contributed by atoms with E-state index in [-0.39, 0.29) is 23.9 Å². The molecule has 29 heavy (non-hydrogen) atoms. The van der Waals surface area contributed by atoms with Crippen LogP contribution in [0.15, 0.2) is 30.3 Å². The lowest BCUT2D eigenvalue weighted by molar-refractivity contribution is 0.0911. The van der Waals surface area contributed by atoms with Gasteiger partial charge in [0.25, 0.3) is 11.8 Å². The minimum Gasteiger partial charge on any atom is -0.347 e. The summed E-state index contributed by atoms with van der Waals surface area (Å²) in [6.07, 6.45) is 8.44. The SMILES string of the molecule is CC(NC(=O)c1nc(C(=O)NC2CCCCC2)n2c1CCCC2)c1ccccc1. The molecule has 2 aliphatic rings. The summed E-state index contributed by atoms with van der Waals surface area (Å²) in [5.74, 6) is 0.0433. The third-order valence-corrected chi connectivity index (χ3v) is 6.12. The van der Waals surface area contributed by atoms with E-state index in [2.05, 4.69) is 15.6 Å². The normalized spacial score (nSPS) is 18.0. The van der Waals surface area contributed by atoms with Gasteiger partial charge in [0, 0.05) is 12.6 Å². The fraction of sp³-hybridized carbons (Fsp3) is 0.522. The summed E-state index contributed by atoms with van der Waals surface area (Å²) >= 11 is 0. The Bertz CT molecular complexity index is 869. The van der Waals surface area contributed by atoms with E-state index in [0.717, 1.165) is 62.7 Å². The Morgan fingerprint density at radius 1 is 1.03 bits per heavy atom. The van der Waals surface area contributed by atoms with Crippen LogP contribution in [-0.4, -0.2) is 27.4 Å². The maximum Gasteiger partial charge on any atom is 0.287 e. The number of rotatable bonds is 5. The number of benzene rings is 1. The number of hydrogen-bond donors (Lipinski definition) is 2. The van der Waals surface area contributed by atoms with Crippen LogP contribution >= 0.6 is 0 Å². The lowest BCUT2D eigenvalue weighted by Crippen LogP contribution is -2.37. The van der Waals surface area contributed by atoms with E-state index < -0.39 is 0 Å². The fourth-order valence-corrected chi connectivity index (χ4v) is 4.49. The maximum absolute atomic E-state index is 13.0. The van der Waals surface area contributed by atoms with E-state index >= 15 is 0 Å². The Kier molecular flexibility index (Phi) is 5.97. The van der Waals surface area contributed by atoms with Crippen LogP contribution in [0.4, 0.5) is 0 Å². The molecule has 1 atom stereocenters. The minimum absolute atomic E-state index is 0.121. The van der Waals surface area contributed by atoms with Gasteiger partial charge >= 0.3 is 0 Å². The smallest absolute Gasteiger partial charge is 0.287 e. The molecule has 2 N–H and O–H groups in total. The van der Waals surface area contributed by atoms with E-state index in [1.54, 1.807) is 0 Å². The van der Waals surface area contributed by atoms with Crippen molar-refractivity contribution in [2.24, 2.45) is 0 Å². The standard InChI is InChI=1S/C23H30N4O2/c1-16(17-10-4-2-5-11-17)24-22(28)20-19-14-8-9-15-27(19)21(26-20)23(29)25-18-12-6-3-7-13-18/h2,4-5,10-11,16,18H,3,6-9,12-15H2,1H3,(H,24,28)(H,25,29). The molecule has 0 bridgehead atoms. The first kappa shape index (κ1) is 19.7. The molecule has 154 valence electrons.